The molecule has 2 aromatic rings. The minimum absolute atomic E-state index is 0.199. The molecule has 1 N–H and O–H groups in total. The molecule has 0 spiro atoms. The Labute approximate surface area is 150 Å². The van der Waals surface area contributed by atoms with Crippen LogP contribution in [0, 0.1) is 5.92 Å². The quantitative estimate of drug-likeness (QED) is 0.839. The number of hydrogen-bond donors (Lipinski definition) is 1. The van der Waals surface area contributed by atoms with Gasteiger partial charge in [0.1, 0.15) is 5.82 Å². The molecule has 0 atom stereocenters. The fourth-order valence-corrected chi connectivity index (χ4v) is 3.76. The standard InChI is InChI=1S/C20H30N4O/c1-3-11-24(12-4-2)20(25)16-9-13-23(14-10-16)15-19-21-17-7-5-6-8-18(17)22-19/h5-8,16H,3-4,9-15H2,1-2H3,(H,21,22). The molecule has 1 aromatic carbocycles. The second-order valence-corrected chi connectivity index (χ2v) is 7.08. The van der Waals surface area contributed by atoms with E-state index in [9.17, 15) is 4.79 Å². The first kappa shape index (κ1) is 17.9. The number of nitrogens with one attached hydrogen (secondary N) is 1. The van der Waals surface area contributed by atoms with Gasteiger partial charge in [0, 0.05) is 19.0 Å². The van der Waals surface area contributed by atoms with E-state index < -0.39 is 0 Å². The van der Waals surface area contributed by atoms with Gasteiger partial charge in [0.2, 0.25) is 5.91 Å². The van der Waals surface area contributed by atoms with Crippen LogP contribution in [0.2, 0.25) is 0 Å². The molecule has 1 aliphatic heterocycles. The molecule has 5 heteroatoms. The third kappa shape index (κ3) is 4.40. The summed E-state index contributed by atoms with van der Waals surface area (Å²) in [6, 6.07) is 8.14. The van der Waals surface area contributed by atoms with Gasteiger partial charge in [-0.3, -0.25) is 9.69 Å². The number of fused-ring (bicyclic) bond motifs is 1. The molecular formula is C20H30N4O. The highest BCUT2D eigenvalue weighted by Crippen LogP contribution is 2.22. The number of hydrogen-bond acceptors (Lipinski definition) is 3. The van der Waals surface area contributed by atoms with Crippen molar-refractivity contribution in [3.8, 4) is 0 Å². The summed E-state index contributed by atoms with van der Waals surface area (Å²) in [6.45, 7) is 8.86. The van der Waals surface area contributed by atoms with E-state index in [4.69, 9.17) is 0 Å². The Morgan fingerprint density at radius 2 is 1.88 bits per heavy atom. The average Bonchev–Trinajstić information content (AvgIpc) is 3.04. The predicted molar refractivity (Wildman–Crippen MR) is 101 cm³/mol. The van der Waals surface area contributed by atoms with Crippen molar-refractivity contribution >= 4 is 16.9 Å². The van der Waals surface area contributed by atoms with E-state index in [0.29, 0.717) is 5.91 Å². The predicted octanol–water partition coefficient (Wildman–Crippen LogP) is 3.42. The second-order valence-electron chi connectivity index (χ2n) is 7.08. The molecule has 1 aliphatic rings. The number of aromatic amines is 1. The van der Waals surface area contributed by atoms with Crippen molar-refractivity contribution in [2.75, 3.05) is 26.2 Å². The van der Waals surface area contributed by atoms with Gasteiger partial charge >= 0.3 is 0 Å². The number of amides is 1. The first-order valence-electron chi connectivity index (χ1n) is 9.66. The lowest BCUT2D eigenvalue weighted by Crippen LogP contribution is -2.43. The van der Waals surface area contributed by atoms with E-state index in [0.717, 1.165) is 75.3 Å². The lowest BCUT2D eigenvalue weighted by atomic mass is 9.95. The lowest BCUT2D eigenvalue weighted by Gasteiger charge is -2.33. The summed E-state index contributed by atoms with van der Waals surface area (Å²) < 4.78 is 0. The van der Waals surface area contributed by atoms with Crippen LogP contribution in [-0.2, 0) is 11.3 Å². The van der Waals surface area contributed by atoms with Gasteiger partial charge in [-0.15, -0.1) is 0 Å². The van der Waals surface area contributed by atoms with Crippen molar-refractivity contribution in [3.63, 3.8) is 0 Å². The summed E-state index contributed by atoms with van der Waals surface area (Å²) in [5.41, 5.74) is 2.12. The van der Waals surface area contributed by atoms with Crippen LogP contribution in [0.5, 0.6) is 0 Å². The van der Waals surface area contributed by atoms with E-state index in [2.05, 4.69) is 39.7 Å². The summed E-state index contributed by atoms with van der Waals surface area (Å²) in [4.78, 5) is 25.3. The van der Waals surface area contributed by atoms with Crippen LogP contribution in [0.15, 0.2) is 24.3 Å². The van der Waals surface area contributed by atoms with Crippen molar-refractivity contribution in [1.82, 2.24) is 19.8 Å². The number of carbonyl (C=O) groups is 1. The van der Waals surface area contributed by atoms with Crippen molar-refractivity contribution < 1.29 is 4.79 Å². The summed E-state index contributed by atoms with van der Waals surface area (Å²) in [5, 5.41) is 0. The molecule has 0 aliphatic carbocycles. The molecule has 1 fully saturated rings. The molecule has 0 saturated carbocycles. The van der Waals surface area contributed by atoms with Crippen molar-refractivity contribution in [1.29, 1.82) is 0 Å². The number of piperidine rings is 1. The van der Waals surface area contributed by atoms with Crippen molar-refractivity contribution in [2.45, 2.75) is 46.1 Å². The third-order valence-electron chi connectivity index (χ3n) is 5.05. The second kappa shape index (κ2) is 8.48. The molecule has 0 unspecified atom stereocenters. The number of carbonyl (C=O) groups excluding carboxylic acids is 1. The highest BCUT2D eigenvalue weighted by molar-refractivity contribution is 5.79. The molecule has 0 bridgehead atoms. The Morgan fingerprint density at radius 1 is 1.20 bits per heavy atom. The minimum atomic E-state index is 0.199. The minimum Gasteiger partial charge on any atom is -0.342 e. The Hall–Kier alpha value is -1.88. The molecule has 2 heterocycles. The Balaban J connectivity index is 1.53. The molecule has 25 heavy (non-hydrogen) atoms. The number of benzene rings is 1. The summed E-state index contributed by atoms with van der Waals surface area (Å²) >= 11 is 0. The molecule has 136 valence electrons. The zero-order chi connectivity index (χ0) is 17.6. The maximum atomic E-state index is 12.7. The van der Waals surface area contributed by atoms with E-state index in [-0.39, 0.29) is 5.92 Å². The third-order valence-corrected chi connectivity index (χ3v) is 5.05. The van der Waals surface area contributed by atoms with Gasteiger partial charge in [-0.25, -0.2) is 4.98 Å². The lowest BCUT2D eigenvalue weighted by molar-refractivity contribution is -0.137. The topological polar surface area (TPSA) is 52.2 Å². The zero-order valence-corrected chi connectivity index (χ0v) is 15.5. The Kier molecular flexibility index (Phi) is 6.08. The average molecular weight is 342 g/mol. The monoisotopic (exact) mass is 342 g/mol. The van der Waals surface area contributed by atoms with Crippen molar-refractivity contribution in [3.05, 3.63) is 30.1 Å². The maximum Gasteiger partial charge on any atom is 0.225 e. The first-order chi connectivity index (χ1) is 12.2. The van der Waals surface area contributed by atoms with Gasteiger partial charge in [-0.1, -0.05) is 26.0 Å². The molecule has 3 rings (SSSR count). The van der Waals surface area contributed by atoms with Crippen LogP contribution in [0.3, 0.4) is 0 Å². The highest BCUT2D eigenvalue weighted by Gasteiger charge is 2.28. The fraction of sp³-hybridized carbons (Fsp3) is 0.600. The van der Waals surface area contributed by atoms with Gasteiger partial charge in [0.05, 0.1) is 17.6 Å². The normalized spacial score (nSPS) is 16.4. The maximum absolute atomic E-state index is 12.7. The number of para-hydroxylation sites is 2. The number of likely N-dealkylation sites (tertiary alicyclic amines) is 1. The first-order valence-corrected chi connectivity index (χ1v) is 9.66. The molecule has 1 aromatic heterocycles. The number of H-pyrrole nitrogens is 1. The van der Waals surface area contributed by atoms with Gasteiger partial charge in [-0.2, -0.15) is 0 Å². The van der Waals surface area contributed by atoms with E-state index >= 15 is 0 Å². The Morgan fingerprint density at radius 3 is 2.52 bits per heavy atom. The van der Waals surface area contributed by atoms with Crippen LogP contribution in [0.25, 0.3) is 11.0 Å². The number of nitrogens with zero attached hydrogens (tertiary/aromatic N) is 3. The van der Waals surface area contributed by atoms with Crippen LogP contribution < -0.4 is 0 Å². The van der Waals surface area contributed by atoms with Crippen LogP contribution in [0.1, 0.15) is 45.4 Å². The molecule has 1 saturated heterocycles. The molecule has 1 amide bonds. The zero-order valence-electron chi connectivity index (χ0n) is 15.5. The summed E-state index contributed by atoms with van der Waals surface area (Å²) in [6.07, 6.45) is 4.00. The fourth-order valence-electron chi connectivity index (χ4n) is 3.76. The van der Waals surface area contributed by atoms with Gasteiger partial charge in [0.15, 0.2) is 0 Å². The SMILES string of the molecule is CCCN(CCC)C(=O)C1CCN(Cc2nc3ccccc3[nH]2)CC1. The number of aromatic nitrogens is 2. The molecule has 5 nitrogen and oxygen atoms in total. The van der Waals surface area contributed by atoms with E-state index in [1.807, 2.05) is 18.2 Å². The molecule has 0 radical (unpaired) electrons. The summed E-state index contributed by atoms with van der Waals surface area (Å²) in [7, 11) is 0. The van der Waals surface area contributed by atoms with E-state index in [1.165, 1.54) is 0 Å². The van der Waals surface area contributed by atoms with Gasteiger partial charge < -0.3 is 9.88 Å². The Bertz CT molecular complexity index is 649. The van der Waals surface area contributed by atoms with Crippen LogP contribution in [0.4, 0.5) is 0 Å². The largest absolute Gasteiger partial charge is 0.342 e. The number of rotatable bonds is 7. The molecular weight excluding hydrogens is 312 g/mol. The smallest absolute Gasteiger partial charge is 0.225 e. The van der Waals surface area contributed by atoms with Crippen LogP contribution in [-0.4, -0.2) is 51.9 Å². The van der Waals surface area contributed by atoms with Crippen LogP contribution >= 0.6 is 0 Å². The van der Waals surface area contributed by atoms with Crippen molar-refractivity contribution in [2.24, 2.45) is 5.92 Å². The van der Waals surface area contributed by atoms with Gasteiger partial charge in [0.25, 0.3) is 0 Å². The number of imidazole rings is 1. The summed E-state index contributed by atoms with van der Waals surface area (Å²) in [5.74, 6) is 1.58. The van der Waals surface area contributed by atoms with Gasteiger partial charge in [-0.05, 0) is 50.9 Å². The van der Waals surface area contributed by atoms with E-state index in [1.54, 1.807) is 0 Å². The highest BCUT2D eigenvalue weighted by atomic mass is 16.2.